The van der Waals surface area contributed by atoms with Gasteiger partial charge in [0.25, 0.3) is 0 Å². The first-order valence-electron chi connectivity index (χ1n) is 10.7. The smallest absolute Gasteiger partial charge is 0.166 e. The van der Waals surface area contributed by atoms with Crippen molar-refractivity contribution in [3.05, 3.63) is 81.1 Å². The third-order valence-corrected chi connectivity index (χ3v) is 6.71. The summed E-state index contributed by atoms with van der Waals surface area (Å²) in [6.45, 7) is 6.25. The van der Waals surface area contributed by atoms with Gasteiger partial charge in [-0.2, -0.15) is 5.10 Å². The molecule has 5 heteroatoms. The molecule has 4 rings (SSSR count). The lowest BCUT2D eigenvalue weighted by molar-refractivity contribution is -0.117. The van der Waals surface area contributed by atoms with Gasteiger partial charge in [0, 0.05) is 22.1 Å². The van der Waals surface area contributed by atoms with Crippen LogP contribution in [0, 0.1) is 5.92 Å². The minimum Gasteiger partial charge on any atom is -0.294 e. The van der Waals surface area contributed by atoms with Crippen molar-refractivity contribution < 1.29 is 4.79 Å². The maximum absolute atomic E-state index is 13.6. The summed E-state index contributed by atoms with van der Waals surface area (Å²) in [7, 11) is 0. The SMILES string of the molecule is C/C=C(/C(=O)C1CCc2ccc(Cl)cc2C1)c1ccc(-c2cn[nH]c2Cl)cc1C(C)C. The van der Waals surface area contributed by atoms with E-state index < -0.39 is 0 Å². The molecule has 31 heavy (non-hydrogen) atoms. The second-order valence-corrected chi connectivity index (χ2v) is 9.29. The Labute approximate surface area is 193 Å². The monoisotopic (exact) mass is 452 g/mol. The number of hydrogen-bond acceptors (Lipinski definition) is 2. The van der Waals surface area contributed by atoms with Crippen molar-refractivity contribution >= 4 is 34.6 Å². The zero-order valence-corrected chi connectivity index (χ0v) is 19.5. The maximum atomic E-state index is 13.6. The van der Waals surface area contributed by atoms with Crippen molar-refractivity contribution in [1.82, 2.24) is 10.2 Å². The molecule has 2 aromatic carbocycles. The van der Waals surface area contributed by atoms with Crippen LogP contribution in [0.3, 0.4) is 0 Å². The average Bonchev–Trinajstić information content (AvgIpc) is 3.19. The van der Waals surface area contributed by atoms with Gasteiger partial charge in [-0.05, 0) is 72.1 Å². The van der Waals surface area contributed by atoms with Crippen LogP contribution in [0.15, 0.2) is 48.7 Å². The molecule has 0 radical (unpaired) electrons. The van der Waals surface area contributed by atoms with Crippen molar-refractivity contribution in [2.75, 3.05) is 0 Å². The number of Topliss-reactive ketones (excluding diaryl/α,β-unsaturated/α-hetero) is 1. The number of nitrogens with one attached hydrogen (secondary N) is 1. The van der Waals surface area contributed by atoms with Crippen molar-refractivity contribution in [2.45, 2.75) is 46.0 Å². The average molecular weight is 453 g/mol. The highest BCUT2D eigenvalue weighted by molar-refractivity contribution is 6.32. The summed E-state index contributed by atoms with van der Waals surface area (Å²) in [4.78, 5) is 13.6. The lowest BCUT2D eigenvalue weighted by atomic mass is 9.77. The standard InChI is InChI=1S/C26H26Cl2N2O/c1-4-21(25(31)18-6-5-16-7-9-20(27)12-19(16)11-18)22-10-8-17(13-23(22)15(2)3)24-14-29-30-26(24)28/h4,7-10,12-15,18H,5-6,11H2,1-3H3,(H,29,30)/b21-4+. The molecule has 0 aliphatic heterocycles. The van der Waals surface area contributed by atoms with E-state index in [0.29, 0.717) is 5.15 Å². The highest BCUT2D eigenvalue weighted by atomic mass is 35.5. The molecule has 1 unspecified atom stereocenters. The Morgan fingerprint density at radius 3 is 2.65 bits per heavy atom. The van der Waals surface area contributed by atoms with Crippen LogP contribution in [-0.2, 0) is 17.6 Å². The summed E-state index contributed by atoms with van der Waals surface area (Å²) < 4.78 is 0. The fraction of sp³-hybridized carbons (Fsp3) is 0.308. The van der Waals surface area contributed by atoms with E-state index in [2.05, 4.69) is 42.2 Å². The van der Waals surface area contributed by atoms with Gasteiger partial charge in [-0.3, -0.25) is 9.89 Å². The molecule has 3 nitrogen and oxygen atoms in total. The normalized spacial score (nSPS) is 16.5. The molecule has 0 spiro atoms. The first kappa shape index (κ1) is 21.9. The maximum Gasteiger partial charge on any atom is 0.166 e. The van der Waals surface area contributed by atoms with E-state index in [9.17, 15) is 4.79 Å². The summed E-state index contributed by atoms with van der Waals surface area (Å²) >= 11 is 12.4. The Morgan fingerprint density at radius 2 is 1.97 bits per heavy atom. The Kier molecular flexibility index (Phi) is 6.36. The summed E-state index contributed by atoms with van der Waals surface area (Å²) in [6.07, 6.45) is 6.21. The number of hydrogen-bond donors (Lipinski definition) is 1. The number of H-pyrrole nitrogens is 1. The molecule has 1 aliphatic carbocycles. The first-order valence-corrected chi connectivity index (χ1v) is 11.5. The van der Waals surface area contributed by atoms with Gasteiger partial charge in [0.1, 0.15) is 5.15 Å². The summed E-state index contributed by atoms with van der Waals surface area (Å²) in [6, 6.07) is 12.2. The molecule has 160 valence electrons. The molecule has 1 aromatic heterocycles. The number of ketones is 1. The summed E-state index contributed by atoms with van der Waals surface area (Å²) in [5.41, 5.74) is 7.29. The van der Waals surface area contributed by atoms with Crippen molar-refractivity contribution in [1.29, 1.82) is 0 Å². The van der Waals surface area contributed by atoms with Gasteiger partial charge in [0.2, 0.25) is 0 Å². The highest BCUT2D eigenvalue weighted by Gasteiger charge is 2.28. The number of aromatic nitrogens is 2. The van der Waals surface area contributed by atoms with Crippen LogP contribution in [0.1, 0.15) is 55.4 Å². The fourth-order valence-corrected chi connectivity index (χ4v) is 4.93. The molecular weight excluding hydrogens is 427 g/mol. The third-order valence-electron chi connectivity index (χ3n) is 6.19. The largest absolute Gasteiger partial charge is 0.294 e. The third kappa shape index (κ3) is 4.35. The molecule has 0 amide bonds. The minimum atomic E-state index is -0.0276. The number of nitrogens with zero attached hydrogens (tertiary/aromatic N) is 1. The van der Waals surface area contributed by atoms with E-state index in [-0.39, 0.29) is 17.6 Å². The lowest BCUT2D eigenvalue weighted by Crippen LogP contribution is -2.24. The Morgan fingerprint density at radius 1 is 1.16 bits per heavy atom. The topological polar surface area (TPSA) is 45.8 Å². The molecular formula is C26H26Cl2N2O. The van der Waals surface area contributed by atoms with Crippen molar-refractivity contribution in [3.63, 3.8) is 0 Å². The molecule has 1 atom stereocenters. The number of carbonyl (C=O) groups is 1. The van der Waals surface area contributed by atoms with Crippen molar-refractivity contribution in [3.8, 4) is 11.1 Å². The molecule has 1 heterocycles. The Balaban J connectivity index is 1.67. The van der Waals surface area contributed by atoms with E-state index >= 15 is 0 Å². The Hall–Kier alpha value is -2.36. The number of aryl methyl sites for hydroxylation is 1. The molecule has 3 aromatic rings. The van der Waals surface area contributed by atoms with E-state index in [4.69, 9.17) is 23.2 Å². The van der Waals surface area contributed by atoms with Gasteiger partial charge in [-0.1, -0.05) is 67.4 Å². The lowest BCUT2D eigenvalue weighted by Gasteiger charge is -2.26. The number of benzene rings is 2. The zero-order valence-electron chi connectivity index (χ0n) is 18.0. The number of aromatic amines is 1. The molecule has 1 aliphatic rings. The second kappa shape index (κ2) is 9.02. The van der Waals surface area contributed by atoms with Gasteiger partial charge in [-0.25, -0.2) is 0 Å². The van der Waals surface area contributed by atoms with Gasteiger partial charge >= 0.3 is 0 Å². The van der Waals surface area contributed by atoms with E-state index in [1.54, 1.807) is 6.20 Å². The molecule has 0 fully saturated rings. The van der Waals surface area contributed by atoms with Gasteiger partial charge in [0.05, 0.1) is 6.20 Å². The predicted octanol–water partition coefficient (Wildman–Crippen LogP) is 7.28. The molecule has 0 bridgehead atoms. The molecule has 1 N–H and O–H groups in total. The first-order chi connectivity index (χ1) is 14.9. The number of halogens is 2. The van der Waals surface area contributed by atoms with Gasteiger partial charge in [-0.15, -0.1) is 0 Å². The van der Waals surface area contributed by atoms with E-state index in [0.717, 1.165) is 52.1 Å². The molecule has 0 saturated carbocycles. The van der Waals surface area contributed by atoms with Crippen LogP contribution < -0.4 is 0 Å². The minimum absolute atomic E-state index is 0.0276. The number of allylic oxidation sites excluding steroid dienone is 2. The van der Waals surface area contributed by atoms with Crippen LogP contribution in [0.5, 0.6) is 0 Å². The second-order valence-electron chi connectivity index (χ2n) is 8.47. The summed E-state index contributed by atoms with van der Waals surface area (Å²) in [5.74, 6) is 0.443. The number of rotatable bonds is 5. The highest BCUT2D eigenvalue weighted by Crippen LogP contribution is 2.36. The quantitative estimate of drug-likeness (QED) is 0.413. The van der Waals surface area contributed by atoms with Gasteiger partial charge in [0.15, 0.2) is 5.78 Å². The zero-order chi connectivity index (χ0) is 22.1. The van der Waals surface area contributed by atoms with Crippen molar-refractivity contribution in [2.24, 2.45) is 5.92 Å². The van der Waals surface area contributed by atoms with Crippen LogP contribution in [0.2, 0.25) is 10.2 Å². The van der Waals surface area contributed by atoms with Crippen LogP contribution in [0.25, 0.3) is 16.7 Å². The van der Waals surface area contributed by atoms with Crippen LogP contribution >= 0.6 is 23.2 Å². The van der Waals surface area contributed by atoms with Gasteiger partial charge < -0.3 is 0 Å². The van der Waals surface area contributed by atoms with Crippen LogP contribution in [0.4, 0.5) is 0 Å². The Bertz CT molecular complexity index is 1160. The van der Waals surface area contributed by atoms with E-state index in [1.807, 2.05) is 31.2 Å². The summed E-state index contributed by atoms with van der Waals surface area (Å²) in [5, 5.41) is 8.05. The fourth-order valence-electron chi connectivity index (χ4n) is 4.52. The molecule has 0 saturated heterocycles. The van der Waals surface area contributed by atoms with Crippen LogP contribution in [-0.4, -0.2) is 16.0 Å². The predicted molar refractivity (Wildman–Crippen MR) is 129 cm³/mol. The van der Waals surface area contributed by atoms with E-state index in [1.165, 1.54) is 11.1 Å². The number of fused-ring (bicyclic) bond motifs is 1. The number of carbonyl (C=O) groups excluding carboxylic acids is 1.